The maximum atomic E-state index is 12.2. The highest BCUT2D eigenvalue weighted by molar-refractivity contribution is 8.00. The maximum absolute atomic E-state index is 12.2. The third-order valence-electron chi connectivity index (χ3n) is 3.19. The molecule has 9 heteroatoms. The predicted molar refractivity (Wildman–Crippen MR) is 96.0 cm³/mol. The zero-order chi connectivity index (χ0) is 16.9. The van der Waals surface area contributed by atoms with Gasteiger partial charge in [0.15, 0.2) is 4.34 Å². The van der Waals surface area contributed by atoms with Gasteiger partial charge in [0.1, 0.15) is 5.65 Å². The molecule has 0 amide bonds. The number of hydrogen-bond donors (Lipinski definition) is 1. The molecule has 3 aromatic rings. The minimum absolute atomic E-state index is 0.0708. The predicted octanol–water partition coefficient (Wildman–Crippen LogP) is 2.21. The highest BCUT2D eigenvalue weighted by atomic mass is 32.2. The second-order valence-corrected chi connectivity index (χ2v) is 7.30. The van der Waals surface area contributed by atoms with Crippen LogP contribution in [0.1, 0.15) is 11.3 Å². The van der Waals surface area contributed by atoms with E-state index in [1.807, 2.05) is 19.1 Å². The molecule has 126 valence electrons. The number of thioether (sulfide) groups is 1. The number of aromatic nitrogens is 4. The van der Waals surface area contributed by atoms with E-state index in [0.29, 0.717) is 24.6 Å². The van der Waals surface area contributed by atoms with Crippen molar-refractivity contribution in [3.05, 3.63) is 46.0 Å². The van der Waals surface area contributed by atoms with Gasteiger partial charge in [0.2, 0.25) is 5.13 Å². The van der Waals surface area contributed by atoms with Crippen LogP contribution in [0.3, 0.4) is 0 Å². The van der Waals surface area contributed by atoms with Crippen molar-refractivity contribution < 1.29 is 4.74 Å². The topological polar surface area (TPSA) is 81.4 Å². The minimum atomic E-state index is -0.0708. The lowest BCUT2D eigenvalue weighted by atomic mass is 10.3. The van der Waals surface area contributed by atoms with E-state index in [0.717, 1.165) is 20.7 Å². The number of ether oxygens (including phenoxy) is 1. The first-order chi connectivity index (χ1) is 11.7. The summed E-state index contributed by atoms with van der Waals surface area (Å²) in [6, 6.07) is 5.37. The Kier molecular flexibility index (Phi) is 5.44. The largest absolute Gasteiger partial charge is 0.383 e. The molecule has 0 fully saturated rings. The van der Waals surface area contributed by atoms with E-state index in [4.69, 9.17) is 4.74 Å². The van der Waals surface area contributed by atoms with Gasteiger partial charge in [-0.25, -0.2) is 4.98 Å². The van der Waals surface area contributed by atoms with Gasteiger partial charge in [-0.1, -0.05) is 29.2 Å². The first kappa shape index (κ1) is 16.9. The summed E-state index contributed by atoms with van der Waals surface area (Å²) in [6.45, 7) is 3.26. The number of anilines is 1. The standard InChI is InChI=1S/C15H17N5O2S2/c1-10-3-4-12-17-11(7-13(21)20(12)8-10)9-23-15-19-18-14(24-15)16-5-6-22-2/h3-4,7-8H,5-6,9H2,1-2H3,(H,16,18). The van der Waals surface area contributed by atoms with Crippen LogP contribution in [0.25, 0.3) is 5.65 Å². The summed E-state index contributed by atoms with van der Waals surface area (Å²) in [5.41, 5.74) is 2.34. The Balaban J connectivity index is 1.67. The summed E-state index contributed by atoms with van der Waals surface area (Å²) in [5.74, 6) is 0.576. The molecule has 7 nitrogen and oxygen atoms in total. The van der Waals surface area contributed by atoms with Crippen LogP contribution in [-0.2, 0) is 10.5 Å². The lowest BCUT2D eigenvalue weighted by Crippen LogP contribution is -2.15. The van der Waals surface area contributed by atoms with Crippen molar-refractivity contribution in [3.63, 3.8) is 0 Å². The van der Waals surface area contributed by atoms with Crippen LogP contribution < -0.4 is 10.9 Å². The summed E-state index contributed by atoms with van der Waals surface area (Å²) < 4.78 is 7.37. The zero-order valence-electron chi connectivity index (χ0n) is 13.4. The van der Waals surface area contributed by atoms with Gasteiger partial charge in [-0.05, 0) is 18.6 Å². The summed E-state index contributed by atoms with van der Waals surface area (Å²) in [6.07, 6.45) is 1.80. The molecule has 3 heterocycles. The maximum Gasteiger partial charge on any atom is 0.258 e. The monoisotopic (exact) mass is 363 g/mol. The normalized spacial score (nSPS) is 11.1. The Bertz CT molecular complexity index is 893. The third kappa shape index (κ3) is 4.11. The van der Waals surface area contributed by atoms with Gasteiger partial charge in [0.25, 0.3) is 5.56 Å². The van der Waals surface area contributed by atoms with E-state index in [1.54, 1.807) is 23.8 Å². The molecule has 0 atom stereocenters. The van der Waals surface area contributed by atoms with Gasteiger partial charge in [-0.2, -0.15) is 0 Å². The van der Waals surface area contributed by atoms with E-state index in [1.165, 1.54) is 23.1 Å². The van der Waals surface area contributed by atoms with Gasteiger partial charge in [0.05, 0.1) is 12.3 Å². The molecule has 0 unspecified atom stereocenters. The van der Waals surface area contributed by atoms with Crippen LogP contribution >= 0.6 is 23.1 Å². The van der Waals surface area contributed by atoms with Crippen molar-refractivity contribution in [3.8, 4) is 0 Å². The van der Waals surface area contributed by atoms with E-state index < -0.39 is 0 Å². The number of nitrogens with zero attached hydrogens (tertiary/aromatic N) is 4. The fraction of sp³-hybridized carbons (Fsp3) is 0.333. The highest BCUT2D eigenvalue weighted by Crippen LogP contribution is 2.27. The third-order valence-corrected chi connectivity index (χ3v) is 5.24. The van der Waals surface area contributed by atoms with Crippen molar-refractivity contribution in [1.29, 1.82) is 0 Å². The molecule has 0 radical (unpaired) electrons. The molecule has 0 saturated carbocycles. The Morgan fingerprint density at radius 3 is 3.08 bits per heavy atom. The van der Waals surface area contributed by atoms with E-state index in [-0.39, 0.29) is 5.56 Å². The zero-order valence-corrected chi connectivity index (χ0v) is 15.0. The van der Waals surface area contributed by atoms with Crippen LogP contribution in [-0.4, -0.2) is 39.8 Å². The average Bonchev–Trinajstić information content (AvgIpc) is 3.02. The van der Waals surface area contributed by atoms with Crippen LogP contribution in [0.5, 0.6) is 0 Å². The second-order valence-electron chi connectivity index (χ2n) is 5.10. The summed E-state index contributed by atoms with van der Waals surface area (Å²) >= 11 is 2.99. The smallest absolute Gasteiger partial charge is 0.258 e. The highest BCUT2D eigenvalue weighted by Gasteiger charge is 2.07. The first-order valence-electron chi connectivity index (χ1n) is 7.34. The molecule has 0 bridgehead atoms. The number of hydrogen-bond acceptors (Lipinski definition) is 8. The van der Waals surface area contributed by atoms with Crippen molar-refractivity contribution in [2.75, 3.05) is 25.6 Å². The number of aryl methyl sites for hydroxylation is 1. The molecule has 24 heavy (non-hydrogen) atoms. The van der Waals surface area contributed by atoms with Gasteiger partial charge < -0.3 is 10.1 Å². The Labute approximate surface area is 147 Å². The Hall–Kier alpha value is -1.97. The molecule has 3 rings (SSSR count). The SMILES string of the molecule is COCCNc1nnc(SCc2cc(=O)n3cc(C)ccc3n2)s1. The number of nitrogens with one attached hydrogen (secondary N) is 1. The molecule has 3 aromatic heterocycles. The molecule has 0 aromatic carbocycles. The van der Waals surface area contributed by atoms with Crippen LogP contribution in [0.2, 0.25) is 0 Å². The lowest BCUT2D eigenvalue weighted by Gasteiger charge is -2.04. The molecular formula is C15H17N5O2S2. The van der Waals surface area contributed by atoms with E-state index in [2.05, 4.69) is 20.5 Å². The van der Waals surface area contributed by atoms with Crippen molar-refractivity contribution in [2.24, 2.45) is 0 Å². The van der Waals surface area contributed by atoms with Crippen molar-refractivity contribution in [2.45, 2.75) is 17.0 Å². The molecule has 0 spiro atoms. The first-order valence-corrected chi connectivity index (χ1v) is 9.14. The molecular weight excluding hydrogens is 346 g/mol. The summed E-state index contributed by atoms with van der Waals surface area (Å²) in [5, 5.41) is 12.1. The van der Waals surface area contributed by atoms with E-state index in [9.17, 15) is 4.79 Å². The fourth-order valence-electron chi connectivity index (χ4n) is 2.07. The lowest BCUT2D eigenvalue weighted by molar-refractivity contribution is 0.211. The van der Waals surface area contributed by atoms with Crippen molar-refractivity contribution in [1.82, 2.24) is 19.6 Å². The van der Waals surface area contributed by atoms with Gasteiger partial charge >= 0.3 is 0 Å². The van der Waals surface area contributed by atoms with Crippen LogP contribution in [0, 0.1) is 6.92 Å². The molecule has 0 saturated heterocycles. The fourth-order valence-corrected chi connectivity index (χ4v) is 3.74. The number of pyridine rings is 1. The summed E-state index contributed by atoms with van der Waals surface area (Å²) in [4.78, 5) is 16.7. The Morgan fingerprint density at radius 1 is 1.38 bits per heavy atom. The average molecular weight is 363 g/mol. The van der Waals surface area contributed by atoms with Gasteiger partial charge in [-0.15, -0.1) is 10.2 Å². The molecule has 0 aliphatic carbocycles. The Morgan fingerprint density at radius 2 is 2.25 bits per heavy atom. The number of methoxy groups -OCH3 is 1. The molecule has 1 N–H and O–H groups in total. The van der Waals surface area contributed by atoms with Gasteiger partial charge in [0, 0.05) is 31.7 Å². The quantitative estimate of drug-likeness (QED) is 0.509. The number of rotatable bonds is 7. The van der Waals surface area contributed by atoms with Gasteiger partial charge in [-0.3, -0.25) is 9.20 Å². The minimum Gasteiger partial charge on any atom is -0.383 e. The molecule has 0 aliphatic rings. The van der Waals surface area contributed by atoms with Crippen LogP contribution in [0.15, 0.2) is 33.5 Å². The van der Waals surface area contributed by atoms with E-state index >= 15 is 0 Å². The number of fused-ring (bicyclic) bond motifs is 1. The summed E-state index contributed by atoms with van der Waals surface area (Å²) in [7, 11) is 1.66. The van der Waals surface area contributed by atoms with Crippen LogP contribution in [0.4, 0.5) is 5.13 Å². The second kappa shape index (κ2) is 7.73. The molecule has 0 aliphatic heterocycles. The van der Waals surface area contributed by atoms with Crippen molar-refractivity contribution >= 4 is 33.9 Å².